The van der Waals surface area contributed by atoms with Gasteiger partial charge in [0.05, 0.1) is 17.0 Å². The van der Waals surface area contributed by atoms with Crippen molar-refractivity contribution < 1.29 is 18.3 Å². The van der Waals surface area contributed by atoms with Gasteiger partial charge < -0.3 is 10.4 Å². The number of aliphatic hydroxyl groups is 1. The zero-order chi connectivity index (χ0) is 17.0. The molecule has 1 aromatic carbocycles. The van der Waals surface area contributed by atoms with Crippen molar-refractivity contribution in [2.75, 3.05) is 0 Å². The molecule has 128 valence electrons. The number of hydrogen-bond donors (Lipinski definition) is 3. The predicted octanol–water partition coefficient (Wildman–Crippen LogP) is 1.43. The van der Waals surface area contributed by atoms with Crippen LogP contribution in [0.5, 0.6) is 0 Å². The third-order valence-electron chi connectivity index (χ3n) is 3.89. The topological polar surface area (TPSA) is 95.5 Å². The smallest absolute Gasteiger partial charge is 0.241 e. The number of sulfonamides is 1. The highest BCUT2D eigenvalue weighted by atomic mass is 35.5. The van der Waals surface area contributed by atoms with Crippen LogP contribution < -0.4 is 10.0 Å². The Kier molecular flexibility index (Phi) is 6.02. The van der Waals surface area contributed by atoms with Gasteiger partial charge in [-0.1, -0.05) is 11.6 Å². The van der Waals surface area contributed by atoms with E-state index >= 15 is 0 Å². The molecule has 1 unspecified atom stereocenters. The Balaban J connectivity index is 1.93. The van der Waals surface area contributed by atoms with Crippen LogP contribution in [-0.2, 0) is 14.8 Å². The van der Waals surface area contributed by atoms with Gasteiger partial charge in [0.1, 0.15) is 0 Å². The number of halogens is 1. The molecule has 23 heavy (non-hydrogen) atoms. The van der Waals surface area contributed by atoms with Gasteiger partial charge in [-0.05, 0) is 56.9 Å². The fraction of sp³-hybridized carbons (Fsp3) is 0.533. The Morgan fingerprint density at radius 3 is 2.35 bits per heavy atom. The van der Waals surface area contributed by atoms with Crippen molar-refractivity contribution in [3.05, 3.63) is 29.3 Å². The molecule has 2 rings (SSSR count). The summed E-state index contributed by atoms with van der Waals surface area (Å²) in [6, 6.07) is 4.83. The summed E-state index contributed by atoms with van der Waals surface area (Å²) in [6.07, 6.45) is 2.39. The number of benzene rings is 1. The summed E-state index contributed by atoms with van der Waals surface area (Å²) in [5, 5.41) is 12.7. The number of carbonyl (C=O) groups is 1. The summed E-state index contributed by atoms with van der Waals surface area (Å²) < 4.78 is 26.8. The number of amides is 1. The van der Waals surface area contributed by atoms with Crippen LogP contribution in [0.15, 0.2) is 29.2 Å². The van der Waals surface area contributed by atoms with Crippen LogP contribution in [0.2, 0.25) is 5.02 Å². The van der Waals surface area contributed by atoms with Crippen molar-refractivity contribution in [3.8, 4) is 0 Å². The van der Waals surface area contributed by atoms with Gasteiger partial charge in [0.2, 0.25) is 15.9 Å². The van der Waals surface area contributed by atoms with Gasteiger partial charge in [0, 0.05) is 11.1 Å². The fourth-order valence-corrected chi connectivity index (χ4v) is 3.84. The van der Waals surface area contributed by atoms with E-state index in [0.29, 0.717) is 30.7 Å². The van der Waals surface area contributed by atoms with Crippen molar-refractivity contribution in [3.63, 3.8) is 0 Å². The molecule has 0 bridgehead atoms. The molecule has 0 heterocycles. The predicted molar refractivity (Wildman–Crippen MR) is 87.6 cm³/mol. The van der Waals surface area contributed by atoms with Crippen LogP contribution in [0, 0.1) is 0 Å². The van der Waals surface area contributed by atoms with Gasteiger partial charge in [-0.15, -0.1) is 0 Å². The minimum atomic E-state index is -3.78. The molecule has 0 spiro atoms. The molecular weight excluding hydrogens is 340 g/mol. The Bertz CT molecular complexity index is 640. The average molecular weight is 361 g/mol. The zero-order valence-electron chi connectivity index (χ0n) is 12.8. The number of rotatable bonds is 5. The quantitative estimate of drug-likeness (QED) is 0.740. The lowest BCUT2D eigenvalue weighted by atomic mass is 9.93. The van der Waals surface area contributed by atoms with Crippen LogP contribution in [-0.4, -0.2) is 37.6 Å². The molecule has 1 saturated carbocycles. The average Bonchev–Trinajstić information content (AvgIpc) is 2.49. The molecule has 0 aromatic heterocycles. The van der Waals surface area contributed by atoms with Crippen LogP contribution in [0.1, 0.15) is 32.6 Å². The maximum Gasteiger partial charge on any atom is 0.241 e. The Morgan fingerprint density at radius 2 is 1.78 bits per heavy atom. The van der Waals surface area contributed by atoms with E-state index in [0.717, 1.165) is 0 Å². The van der Waals surface area contributed by atoms with Gasteiger partial charge in [0.15, 0.2) is 0 Å². The first kappa shape index (κ1) is 18.2. The fourth-order valence-electron chi connectivity index (χ4n) is 2.51. The summed E-state index contributed by atoms with van der Waals surface area (Å²) in [5.74, 6) is -0.371. The maximum atomic E-state index is 12.2. The monoisotopic (exact) mass is 360 g/mol. The largest absolute Gasteiger partial charge is 0.393 e. The molecule has 0 radical (unpaired) electrons. The van der Waals surface area contributed by atoms with Crippen LogP contribution in [0.4, 0.5) is 0 Å². The van der Waals surface area contributed by atoms with Gasteiger partial charge in [-0.3, -0.25) is 4.79 Å². The summed E-state index contributed by atoms with van der Waals surface area (Å²) in [5.41, 5.74) is 0. The van der Waals surface area contributed by atoms with E-state index in [9.17, 15) is 18.3 Å². The number of nitrogens with one attached hydrogen (secondary N) is 2. The normalized spacial score (nSPS) is 23.3. The summed E-state index contributed by atoms with van der Waals surface area (Å²) >= 11 is 5.74. The molecule has 1 aliphatic carbocycles. The van der Waals surface area contributed by atoms with Crippen molar-refractivity contribution in [1.82, 2.24) is 10.0 Å². The molecule has 0 saturated heterocycles. The third-order valence-corrected chi connectivity index (χ3v) is 5.70. The van der Waals surface area contributed by atoms with Gasteiger partial charge in [-0.25, -0.2) is 8.42 Å². The second kappa shape index (κ2) is 7.61. The molecule has 1 fully saturated rings. The van der Waals surface area contributed by atoms with Gasteiger partial charge >= 0.3 is 0 Å². The molecular formula is C15H21ClN2O4S. The molecule has 1 amide bonds. The highest BCUT2D eigenvalue weighted by molar-refractivity contribution is 7.89. The van der Waals surface area contributed by atoms with Gasteiger partial charge in [0.25, 0.3) is 0 Å². The second-order valence-corrected chi connectivity index (χ2v) is 7.96. The molecule has 0 aliphatic heterocycles. The molecule has 8 heteroatoms. The maximum absolute atomic E-state index is 12.2. The number of carbonyl (C=O) groups excluding carboxylic acids is 1. The standard InChI is InChI=1S/C15H21ClN2O4S/c1-10(15(20)17-12-4-6-13(19)7-5-12)18-23(21,22)14-8-2-11(16)3-9-14/h2-3,8-10,12-13,18-19H,4-7H2,1H3,(H,17,20). The molecule has 3 N–H and O–H groups in total. The molecule has 1 atom stereocenters. The number of aliphatic hydroxyl groups excluding tert-OH is 1. The highest BCUT2D eigenvalue weighted by Crippen LogP contribution is 2.18. The molecule has 1 aromatic rings. The van der Waals surface area contributed by atoms with Crippen molar-refractivity contribution in [1.29, 1.82) is 0 Å². The summed E-state index contributed by atoms with van der Waals surface area (Å²) in [4.78, 5) is 12.2. The van der Waals surface area contributed by atoms with Crippen molar-refractivity contribution in [2.45, 2.75) is 55.7 Å². The van der Waals surface area contributed by atoms with E-state index in [1.165, 1.54) is 31.2 Å². The van der Waals surface area contributed by atoms with Crippen LogP contribution in [0.3, 0.4) is 0 Å². The summed E-state index contributed by atoms with van der Waals surface area (Å²) in [7, 11) is -3.78. The van der Waals surface area contributed by atoms with E-state index in [4.69, 9.17) is 11.6 Å². The second-order valence-electron chi connectivity index (χ2n) is 5.81. The first-order valence-electron chi connectivity index (χ1n) is 7.54. The van der Waals surface area contributed by atoms with E-state index in [1.54, 1.807) is 0 Å². The zero-order valence-corrected chi connectivity index (χ0v) is 14.4. The Morgan fingerprint density at radius 1 is 1.22 bits per heavy atom. The lowest BCUT2D eigenvalue weighted by molar-refractivity contribution is -0.123. The van der Waals surface area contributed by atoms with Crippen LogP contribution in [0.25, 0.3) is 0 Å². The van der Waals surface area contributed by atoms with Crippen molar-refractivity contribution in [2.24, 2.45) is 0 Å². The van der Waals surface area contributed by atoms with Crippen LogP contribution >= 0.6 is 11.6 Å². The first-order valence-corrected chi connectivity index (χ1v) is 9.40. The van der Waals surface area contributed by atoms with Gasteiger partial charge in [-0.2, -0.15) is 4.72 Å². The summed E-state index contributed by atoms with van der Waals surface area (Å²) in [6.45, 7) is 1.50. The van der Waals surface area contributed by atoms with E-state index in [-0.39, 0.29) is 22.9 Å². The van der Waals surface area contributed by atoms with E-state index in [1.807, 2.05) is 0 Å². The molecule has 1 aliphatic rings. The lowest BCUT2D eigenvalue weighted by Gasteiger charge is -2.27. The first-order chi connectivity index (χ1) is 10.8. The van der Waals surface area contributed by atoms with Crippen molar-refractivity contribution >= 4 is 27.5 Å². The minimum Gasteiger partial charge on any atom is -0.393 e. The van der Waals surface area contributed by atoms with E-state index < -0.39 is 16.1 Å². The highest BCUT2D eigenvalue weighted by Gasteiger charge is 2.25. The third kappa shape index (κ3) is 5.17. The Labute approximate surface area is 141 Å². The SMILES string of the molecule is CC(NS(=O)(=O)c1ccc(Cl)cc1)C(=O)NC1CCC(O)CC1. The lowest BCUT2D eigenvalue weighted by Crippen LogP contribution is -2.49. The number of hydrogen-bond acceptors (Lipinski definition) is 4. The molecule has 6 nitrogen and oxygen atoms in total. The minimum absolute atomic E-state index is 0.0200. The van der Waals surface area contributed by atoms with E-state index in [2.05, 4.69) is 10.0 Å². The Hall–Kier alpha value is -1.15.